The summed E-state index contributed by atoms with van der Waals surface area (Å²) in [5, 5.41) is 3.31. The van der Waals surface area contributed by atoms with E-state index in [1.807, 2.05) is 57.2 Å². The van der Waals surface area contributed by atoms with Gasteiger partial charge < -0.3 is 19.2 Å². The molecular weight excluding hydrogens is 318 g/mol. The molecule has 0 aliphatic carbocycles. The van der Waals surface area contributed by atoms with Gasteiger partial charge in [-0.25, -0.2) is 4.79 Å². The number of nitrogens with one attached hydrogen (secondary N) is 1. The van der Waals surface area contributed by atoms with Crippen molar-refractivity contribution in [2.75, 3.05) is 0 Å². The van der Waals surface area contributed by atoms with Gasteiger partial charge in [0.25, 0.3) is 0 Å². The van der Waals surface area contributed by atoms with Crippen LogP contribution in [-0.2, 0) is 22.6 Å². The molecule has 0 saturated carbocycles. The highest BCUT2D eigenvalue weighted by molar-refractivity contribution is 5.79. The molecule has 0 spiro atoms. The van der Waals surface area contributed by atoms with Crippen LogP contribution in [0.5, 0.6) is 5.75 Å². The Hall–Kier alpha value is -2.27. The Labute approximate surface area is 149 Å². The minimum absolute atomic E-state index is 0.385. The van der Waals surface area contributed by atoms with E-state index >= 15 is 0 Å². The molecule has 0 aliphatic rings. The van der Waals surface area contributed by atoms with Crippen molar-refractivity contribution in [3.63, 3.8) is 0 Å². The molecule has 1 heterocycles. The zero-order valence-electron chi connectivity index (χ0n) is 15.6. The van der Waals surface area contributed by atoms with Gasteiger partial charge in [-0.15, -0.1) is 0 Å². The van der Waals surface area contributed by atoms with Crippen molar-refractivity contribution in [2.24, 2.45) is 0 Å². The van der Waals surface area contributed by atoms with E-state index in [0.717, 1.165) is 17.9 Å². The molecule has 2 aromatic rings. The lowest BCUT2D eigenvalue weighted by Gasteiger charge is -2.29. The maximum absolute atomic E-state index is 12.2. The van der Waals surface area contributed by atoms with E-state index in [1.165, 1.54) is 0 Å². The lowest BCUT2D eigenvalue weighted by atomic mass is 10.1. The molecule has 25 heavy (non-hydrogen) atoms. The first-order valence-corrected chi connectivity index (χ1v) is 8.40. The minimum atomic E-state index is -1.05. The summed E-state index contributed by atoms with van der Waals surface area (Å²) in [5.41, 5.74) is -0.470. The van der Waals surface area contributed by atoms with Crippen molar-refractivity contribution in [3.8, 4) is 5.75 Å². The molecule has 0 amide bonds. The first kappa shape index (κ1) is 19.1. The quantitative estimate of drug-likeness (QED) is 0.767. The summed E-state index contributed by atoms with van der Waals surface area (Å²) < 4.78 is 16.5. The SMILES string of the molecule is CC(C)(C)OC(=O)C(C)(C)Oc1ccc(CNCc2ccco2)cc1. The molecule has 1 N–H and O–H groups in total. The number of benzene rings is 1. The molecule has 0 fully saturated rings. The summed E-state index contributed by atoms with van der Waals surface area (Å²) in [6, 6.07) is 11.5. The van der Waals surface area contributed by atoms with E-state index in [0.29, 0.717) is 12.3 Å². The number of hydrogen-bond donors (Lipinski definition) is 1. The Morgan fingerprint density at radius 1 is 1.04 bits per heavy atom. The lowest BCUT2D eigenvalue weighted by Crippen LogP contribution is -2.43. The molecule has 1 aromatic carbocycles. The Balaban J connectivity index is 1.87. The van der Waals surface area contributed by atoms with Gasteiger partial charge in [0, 0.05) is 6.54 Å². The van der Waals surface area contributed by atoms with E-state index in [2.05, 4.69) is 5.32 Å². The summed E-state index contributed by atoms with van der Waals surface area (Å²) in [5.74, 6) is 1.15. The van der Waals surface area contributed by atoms with Gasteiger partial charge in [0.2, 0.25) is 0 Å². The van der Waals surface area contributed by atoms with E-state index in [4.69, 9.17) is 13.9 Å². The predicted octanol–water partition coefficient (Wildman–Crippen LogP) is 4.07. The second-order valence-electron chi connectivity index (χ2n) is 7.44. The monoisotopic (exact) mass is 345 g/mol. The van der Waals surface area contributed by atoms with E-state index in [-0.39, 0.29) is 5.97 Å². The van der Waals surface area contributed by atoms with Gasteiger partial charge in [0.1, 0.15) is 17.1 Å². The van der Waals surface area contributed by atoms with Crippen LogP contribution in [0.1, 0.15) is 45.9 Å². The summed E-state index contributed by atoms with van der Waals surface area (Å²) >= 11 is 0. The predicted molar refractivity (Wildman–Crippen MR) is 96.2 cm³/mol. The topological polar surface area (TPSA) is 60.7 Å². The number of rotatable bonds is 7. The molecule has 0 aliphatic heterocycles. The van der Waals surface area contributed by atoms with Crippen LogP contribution >= 0.6 is 0 Å². The van der Waals surface area contributed by atoms with Crippen molar-refractivity contribution >= 4 is 5.97 Å². The third-order valence-corrected chi connectivity index (χ3v) is 3.40. The molecule has 136 valence electrons. The fourth-order valence-corrected chi connectivity index (χ4v) is 2.16. The molecule has 0 saturated heterocycles. The summed E-state index contributed by atoms with van der Waals surface area (Å²) in [4.78, 5) is 12.2. The van der Waals surface area contributed by atoms with Crippen molar-refractivity contribution < 1.29 is 18.7 Å². The van der Waals surface area contributed by atoms with Crippen LogP contribution in [0.25, 0.3) is 0 Å². The first-order chi connectivity index (χ1) is 11.7. The van der Waals surface area contributed by atoms with Crippen LogP contribution in [0, 0.1) is 0 Å². The molecule has 1 aromatic heterocycles. The Kier molecular flexibility index (Phi) is 5.90. The van der Waals surface area contributed by atoms with Gasteiger partial charge in [-0.3, -0.25) is 0 Å². The maximum Gasteiger partial charge on any atom is 0.350 e. The van der Waals surface area contributed by atoms with Gasteiger partial charge >= 0.3 is 5.97 Å². The second kappa shape index (κ2) is 7.74. The smallest absolute Gasteiger partial charge is 0.350 e. The van der Waals surface area contributed by atoms with E-state index in [9.17, 15) is 4.79 Å². The van der Waals surface area contributed by atoms with E-state index in [1.54, 1.807) is 20.1 Å². The number of carbonyl (C=O) groups excluding carboxylic acids is 1. The molecule has 5 heteroatoms. The van der Waals surface area contributed by atoms with Crippen LogP contribution in [0.3, 0.4) is 0 Å². The van der Waals surface area contributed by atoms with Crippen molar-refractivity contribution in [1.29, 1.82) is 0 Å². The van der Waals surface area contributed by atoms with Gasteiger partial charge in [-0.05, 0) is 64.4 Å². The number of ether oxygens (including phenoxy) is 2. The van der Waals surface area contributed by atoms with Gasteiger partial charge in [-0.1, -0.05) is 12.1 Å². The Morgan fingerprint density at radius 3 is 2.28 bits per heavy atom. The largest absolute Gasteiger partial charge is 0.476 e. The van der Waals surface area contributed by atoms with Gasteiger partial charge in [0.05, 0.1) is 12.8 Å². The van der Waals surface area contributed by atoms with Crippen molar-refractivity contribution in [3.05, 3.63) is 54.0 Å². The Morgan fingerprint density at radius 2 is 1.72 bits per heavy atom. The lowest BCUT2D eigenvalue weighted by molar-refractivity contribution is -0.170. The number of furan rings is 1. The van der Waals surface area contributed by atoms with Crippen LogP contribution in [0.2, 0.25) is 0 Å². The number of hydrogen-bond acceptors (Lipinski definition) is 5. The number of esters is 1. The zero-order chi connectivity index (χ0) is 18.5. The molecule has 2 rings (SSSR count). The third-order valence-electron chi connectivity index (χ3n) is 3.40. The fraction of sp³-hybridized carbons (Fsp3) is 0.450. The summed E-state index contributed by atoms with van der Waals surface area (Å²) in [6.45, 7) is 10.3. The maximum atomic E-state index is 12.2. The fourth-order valence-electron chi connectivity index (χ4n) is 2.16. The van der Waals surface area contributed by atoms with Crippen molar-refractivity contribution in [2.45, 2.75) is 58.9 Å². The van der Waals surface area contributed by atoms with Crippen LogP contribution in [0.4, 0.5) is 0 Å². The first-order valence-electron chi connectivity index (χ1n) is 8.40. The van der Waals surface area contributed by atoms with Gasteiger partial charge in [-0.2, -0.15) is 0 Å². The van der Waals surface area contributed by atoms with Gasteiger partial charge in [0.15, 0.2) is 5.60 Å². The Bertz CT molecular complexity index is 667. The van der Waals surface area contributed by atoms with Crippen LogP contribution in [-0.4, -0.2) is 17.2 Å². The molecule has 0 radical (unpaired) electrons. The molecule has 5 nitrogen and oxygen atoms in total. The molecule has 0 unspecified atom stereocenters. The molecule has 0 bridgehead atoms. The van der Waals surface area contributed by atoms with Crippen LogP contribution in [0.15, 0.2) is 47.1 Å². The average molecular weight is 345 g/mol. The summed E-state index contributed by atoms with van der Waals surface area (Å²) in [7, 11) is 0. The molecular formula is C20H27NO4. The second-order valence-corrected chi connectivity index (χ2v) is 7.44. The van der Waals surface area contributed by atoms with Crippen molar-refractivity contribution in [1.82, 2.24) is 5.32 Å². The normalized spacial score (nSPS) is 12.0. The minimum Gasteiger partial charge on any atom is -0.476 e. The average Bonchev–Trinajstić information content (AvgIpc) is 3.00. The third kappa shape index (κ3) is 6.27. The highest BCUT2D eigenvalue weighted by atomic mass is 16.6. The summed E-state index contributed by atoms with van der Waals surface area (Å²) in [6.07, 6.45) is 1.66. The highest BCUT2D eigenvalue weighted by Crippen LogP contribution is 2.22. The highest BCUT2D eigenvalue weighted by Gasteiger charge is 2.34. The molecule has 0 atom stereocenters. The number of carbonyl (C=O) groups is 1. The standard InChI is InChI=1S/C20H27NO4/c1-19(2,3)25-18(22)20(4,5)24-16-10-8-15(9-11-16)13-21-14-17-7-6-12-23-17/h6-12,21H,13-14H2,1-5H3. The van der Waals surface area contributed by atoms with Crippen LogP contribution < -0.4 is 10.1 Å². The van der Waals surface area contributed by atoms with E-state index < -0.39 is 11.2 Å². The zero-order valence-corrected chi connectivity index (χ0v) is 15.6.